The Morgan fingerprint density at radius 2 is 2.06 bits per heavy atom. The highest BCUT2D eigenvalue weighted by molar-refractivity contribution is 5.63. The summed E-state index contributed by atoms with van der Waals surface area (Å²) in [6.45, 7) is 2.63. The standard InChI is InChI=1S/C12H14N4O/c1-2-14-10-8-15-16(12(17)11(10)13)9-6-4-3-5-7-9/h3-8,14H,2,13H2,1H3. The van der Waals surface area contributed by atoms with Gasteiger partial charge < -0.3 is 11.1 Å². The monoisotopic (exact) mass is 230 g/mol. The third kappa shape index (κ3) is 2.13. The molecular formula is C12H14N4O. The van der Waals surface area contributed by atoms with E-state index in [1.807, 2.05) is 25.1 Å². The molecule has 5 heteroatoms. The highest BCUT2D eigenvalue weighted by atomic mass is 16.1. The minimum Gasteiger partial charge on any atom is -0.392 e. The average Bonchev–Trinajstić information content (AvgIpc) is 2.36. The molecule has 88 valence electrons. The molecule has 0 spiro atoms. The van der Waals surface area contributed by atoms with E-state index in [-0.39, 0.29) is 11.2 Å². The number of rotatable bonds is 3. The van der Waals surface area contributed by atoms with Gasteiger partial charge in [0.2, 0.25) is 0 Å². The van der Waals surface area contributed by atoms with Gasteiger partial charge in [-0.3, -0.25) is 4.79 Å². The van der Waals surface area contributed by atoms with Crippen LogP contribution in [0.5, 0.6) is 0 Å². The van der Waals surface area contributed by atoms with Crippen molar-refractivity contribution < 1.29 is 0 Å². The quantitative estimate of drug-likeness (QED) is 0.832. The Balaban J connectivity index is 2.52. The van der Waals surface area contributed by atoms with Crippen LogP contribution in [0.25, 0.3) is 5.69 Å². The molecule has 0 aliphatic heterocycles. The number of nitrogens with zero attached hydrogens (tertiary/aromatic N) is 2. The molecule has 0 unspecified atom stereocenters. The molecule has 0 saturated carbocycles. The summed E-state index contributed by atoms with van der Waals surface area (Å²) in [5.74, 6) is 0. The van der Waals surface area contributed by atoms with Gasteiger partial charge >= 0.3 is 0 Å². The number of aromatic nitrogens is 2. The first-order chi connectivity index (χ1) is 8.24. The van der Waals surface area contributed by atoms with E-state index in [4.69, 9.17) is 5.73 Å². The lowest BCUT2D eigenvalue weighted by atomic mass is 10.3. The maximum atomic E-state index is 12.0. The van der Waals surface area contributed by atoms with Crippen molar-refractivity contribution in [1.29, 1.82) is 0 Å². The first-order valence-corrected chi connectivity index (χ1v) is 5.41. The molecule has 0 aliphatic carbocycles. The number of anilines is 2. The summed E-state index contributed by atoms with van der Waals surface area (Å²) in [6.07, 6.45) is 1.56. The van der Waals surface area contributed by atoms with Gasteiger partial charge in [0.05, 0.1) is 17.6 Å². The molecule has 17 heavy (non-hydrogen) atoms. The summed E-state index contributed by atoms with van der Waals surface area (Å²) in [5.41, 5.74) is 6.92. The van der Waals surface area contributed by atoms with Gasteiger partial charge in [0.15, 0.2) is 0 Å². The van der Waals surface area contributed by atoms with Crippen molar-refractivity contribution in [3.8, 4) is 5.69 Å². The van der Waals surface area contributed by atoms with E-state index in [1.54, 1.807) is 18.3 Å². The molecule has 0 atom stereocenters. The van der Waals surface area contributed by atoms with Crippen LogP contribution < -0.4 is 16.6 Å². The van der Waals surface area contributed by atoms with Crippen LogP contribution in [0, 0.1) is 0 Å². The molecule has 1 aromatic carbocycles. The van der Waals surface area contributed by atoms with Gasteiger partial charge in [-0.2, -0.15) is 9.78 Å². The Bertz CT molecular complexity index is 562. The number of para-hydroxylation sites is 1. The molecule has 0 aliphatic rings. The average molecular weight is 230 g/mol. The number of nitrogen functional groups attached to an aromatic ring is 1. The molecule has 1 aromatic heterocycles. The fourth-order valence-corrected chi connectivity index (χ4v) is 1.55. The summed E-state index contributed by atoms with van der Waals surface area (Å²) in [5, 5.41) is 7.08. The van der Waals surface area contributed by atoms with Crippen LogP contribution in [-0.2, 0) is 0 Å². The van der Waals surface area contributed by atoms with Crippen LogP contribution in [-0.4, -0.2) is 16.3 Å². The third-order valence-corrected chi connectivity index (χ3v) is 2.38. The Kier molecular flexibility index (Phi) is 3.09. The van der Waals surface area contributed by atoms with Gasteiger partial charge in [0.25, 0.3) is 5.56 Å². The van der Waals surface area contributed by atoms with Gasteiger partial charge in [0, 0.05) is 6.54 Å². The Morgan fingerprint density at radius 1 is 1.35 bits per heavy atom. The summed E-state index contributed by atoms with van der Waals surface area (Å²) in [6, 6.07) is 9.18. The molecule has 2 rings (SSSR count). The number of nitrogens with two attached hydrogens (primary N) is 1. The molecule has 0 amide bonds. The fourth-order valence-electron chi connectivity index (χ4n) is 1.55. The predicted octanol–water partition coefficient (Wildman–Crippen LogP) is 1.25. The summed E-state index contributed by atoms with van der Waals surface area (Å²) < 4.78 is 1.29. The zero-order valence-corrected chi connectivity index (χ0v) is 9.55. The molecule has 3 N–H and O–H groups in total. The van der Waals surface area contributed by atoms with Crippen LogP contribution in [0.2, 0.25) is 0 Å². The van der Waals surface area contributed by atoms with E-state index in [0.29, 0.717) is 17.9 Å². The van der Waals surface area contributed by atoms with Crippen molar-refractivity contribution in [1.82, 2.24) is 9.78 Å². The topological polar surface area (TPSA) is 72.9 Å². The first-order valence-electron chi connectivity index (χ1n) is 5.41. The Hall–Kier alpha value is -2.30. The molecule has 0 bridgehead atoms. The van der Waals surface area contributed by atoms with Crippen molar-refractivity contribution in [3.63, 3.8) is 0 Å². The Labute approximate surface area is 98.9 Å². The van der Waals surface area contributed by atoms with Crippen LogP contribution in [0.4, 0.5) is 11.4 Å². The highest BCUT2D eigenvalue weighted by Gasteiger charge is 2.08. The molecule has 5 nitrogen and oxygen atoms in total. The molecule has 2 aromatic rings. The van der Waals surface area contributed by atoms with E-state index < -0.39 is 0 Å². The zero-order valence-electron chi connectivity index (χ0n) is 9.55. The lowest BCUT2D eigenvalue weighted by Gasteiger charge is -2.09. The van der Waals surface area contributed by atoms with Crippen LogP contribution in [0.1, 0.15) is 6.92 Å². The van der Waals surface area contributed by atoms with E-state index in [1.165, 1.54) is 4.68 Å². The molecular weight excluding hydrogens is 216 g/mol. The second kappa shape index (κ2) is 4.69. The Morgan fingerprint density at radius 3 is 2.71 bits per heavy atom. The SMILES string of the molecule is CCNc1cnn(-c2ccccc2)c(=O)c1N. The van der Waals surface area contributed by atoms with E-state index >= 15 is 0 Å². The van der Waals surface area contributed by atoms with E-state index in [0.717, 1.165) is 0 Å². The van der Waals surface area contributed by atoms with Crippen LogP contribution in [0.15, 0.2) is 41.3 Å². The van der Waals surface area contributed by atoms with Gasteiger partial charge in [-0.05, 0) is 19.1 Å². The van der Waals surface area contributed by atoms with Crippen molar-refractivity contribution in [2.45, 2.75) is 6.92 Å². The lowest BCUT2D eigenvalue weighted by molar-refractivity contribution is 0.811. The van der Waals surface area contributed by atoms with Gasteiger partial charge in [-0.25, -0.2) is 0 Å². The van der Waals surface area contributed by atoms with Crippen molar-refractivity contribution in [2.75, 3.05) is 17.6 Å². The molecule has 0 fully saturated rings. The van der Waals surface area contributed by atoms with Crippen molar-refractivity contribution >= 4 is 11.4 Å². The van der Waals surface area contributed by atoms with Gasteiger partial charge in [-0.15, -0.1) is 0 Å². The second-order valence-corrected chi connectivity index (χ2v) is 3.55. The zero-order chi connectivity index (χ0) is 12.3. The molecule has 0 saturated heterocycles. The summed E-state index contributed by atoms with van der Waals surface area (Å²) >= 11 is 0. The van der Waals surface area contributed by atoms with Crippen LogP contribution in [0.3, 0.4) is 0 Å². The van der Waals surface area contributed by atoms with Gasteiger partial charge in [0.1, 0.15) is 5.69 Å². The predicted molar refractivity (Wildman–Crippen MR) is 68.4 cm³/mol. The first kappa shape index (κ1) is 11.2. The minimum absolute atomic E-state index is 0.186. The van der Waals surface area contributed by atoms with E-state index in [9.17, 15) is 4.79 Å². The van der Waals surface area contributed by atoms with Crippen LogP contribution >= 0.6 is 0 Å². The van der Waals surface area contributed by atoms with E-state index in [2.05, 4.69) is 10.4 Å². The number of hydrogen-bond acceptors (Lipinski definition) is 4. The molecule has 1 heterocycles. The highest BCUT2D eigenvalue weighted by Crippen LogP contribution is 2.12. The lowest BCUT2D eigenvalue weighted by Crippen LogP contribution is -2.25. The largest absolute Gasteiger partial charge is 0.392 e. The summed E-state index contributed by atoms with van der Waals surface area (Å²) in [7, 11) is 0. The second-order valence-electron chi connectivity index (χ2n) is 3.55. The molecule has 0 radical (unpaired) electrons. The smallest absolute Gasteiger partial charge is 0.296 e. The minimum atomic E-state index is -0.311. The maximum absolute atomic E-state index is 12.0. The normalized spacial score (nSPS) is 10.2. The van der Waals surface area contributed by atoms with Gasteiger partial charge in [-0.1, -0.05) is 18.2 Å². The maximum Gasteiger partial charge on any atom is 0.296 e. The summed E-state index contributed by atoms with van der Waals surface area (Å²) in [4.78, 5) is 12.0. The third-order valence-electron chi connectivity index (χ3n) is 2.38. The number of hydrogen-bond donors (Lipinski definition) is 2. The van der Waals surface area contributed by atoms with Crippen molar-refractivity contribution in [3.05, 3.63) is 46.9 Å². The van der Waals surface area contributed by atoms with Crippen molar-refractivity contribution in [2.24, 2.45) is 0 Å². The fraction of sp³-hybridized carbons (Fsp3) is 0.167. The number of benzene rings is 1. The number of nitrogens with one attached hydrogen (secondary N) is 1.